The number of quaternary nitrogens is 1. The quantitative estimate of drug-likeness (QED) is 0.744. The van der Waals surface area contributed by atoms with E-state index in [2.05, 4.69) is 23.2 Å². The Morgan fingerprint density at radius 3 is 2.71 bits per heavy atom. The van der Waals surface area contributed by atoms with Crippen LogP contribution in [0.5, 0.6) is 0 Å². The molecule has 2 aliphatic rings. The third-order valence-corrected chi connectivity index (χ3v) is 6.36. The van der Waals surface area contributed by atoms with Crippen LogP contribution >= 0.6 is 11.6 Å². The van der Waals surface area contributed by atoms with E-state index in [0.717, 1.165) is 43.0 Å². The Hall–Kier alpha value is -2.43. The molecule has 2 bridgehead atoms. The van der Waals surface area contributed by atoms with E-state index in [1.807, 2.05) is 47.2 Å². The number of aromatic nitrogens is 2. The second-order valence-electron chi connectivity index (χ2n) is 8.05. The first-order valence-corrected chi connectivity index (χ1v) is 10.3. The first-order chi connectivity index (χ1) is 13.7. The topological polar surface area (TPSA) is 39.3 Å². The summed E-state index contributed by atoms with van der Waals surface area (Å²) in [5.41, 5.74) is 4.16. The highest BCUT2D eigenvalue weighted by molar-refractivity contribution is 6.30. The van der Waals surface area contributed by atoms with Crippen LogP contribution in [0.3, 0.4) is 0 Å². The highest BCUT2D eigenvalue weighted by Gasteiger charge is 2.37. The summed E-state index contributed by atoms with van der Waals surface area (Å²) in [6.07, 6.45) is 3.05. The molecule has 2 aromatic heterocycles. The smallest absolute Gasteiger partial charge is 0.258 e. The average Bonchev–Trinajstić information content (AvgIpc) is 2.70. The van der Waals surface area contributed by atoms with Gasteiger partial charge in [-0.1, -0.05) is 29.8 Å². The number of likely N-dealkylation sites (tertiary alicyclic amines) is 1. The maximum Gasteiger partial charge on any atom is 0.258 e. The third-order valence-electron chi connectivity index (χ3n) is 6.11. The number of nitrogens with one attached hydrogen (secondary N) is 1. The molecule has 5 rings (SSSR count). The van der Waals surface area contributed by atoms with Crippen molar-refractivity contribution in [3.8, 4) is 11.1 Å². The molecule has 0 amide bonds. The number of hydrogen-bond acceptors (Lipinski definition) is 2. The summed E-state index contributed by atoms with van der Waals surface area (Å²) >= 11 is 6.00. The zero-order valence-corrected chi connectivity index (χ0v) is 16.4. The Morgan fingerprint density at radius 1 is 1.07 bits per heavy atom. The first-order valence-electron chi connectivity index (χ1n) is 9.90. The number of benzene rings is 1. The number of piperidine rings is 1. The van der Waals surface area contributed by atoms with Crippen LogP contribution in [0.15, 0.2) is 65.6 Å². The second-order valence-corrected chi connectivity index (χ2v) is 8.49. The van der Waals surface area contributed by atoms with Crippen LogP contribution < -0.4 is 10.5 Å². The molecule has 2 aliphatic heterocycles. The molecular weight excluding hydrogens is 370 g/mol. The molecule has 0 spiro atoms. The lowest BCUT2D eigenvalue weighted by molar-refractivity contribution is -0.924. The van der Waals surface area contributed by atoms with Crippen LogP contribution in [0.1, 0.15) is 23.7 Å². The predicted molar refractivity (Wildman–Crippen MR) is 111 cm³/mol. The van der Waals surface area contributed by atoms with Gasteiger partial charge >= 0.3 is 0 Å². The van der Waals surface area contributed by atoms with Crippen molar-refractivity contribution in [2.24, 2.45) is 5.92 Å². The zero-order chi connectivity index (χ0) is 19.1. The van der Waals surface area contributed by atoms with Crippen molar-refractivity contribution in [1.82, 2.24) is 9.55 Å². The van der Waals surface area contributed by atoms with Crippen molar-refractivity contribution in [1.29, 1.82) is 0 Å². The summed E-state index contributed by atoms with van der Waals surface area (Å²) in [6.45, 7) is 3.94. The van der Waals surface area contributed by atoms with Gasteiger partial charge in [-0.3, -0.25) is 9.78 Å². The van der Waals surface area contributed by atoms with Gasteiger partial charge in [0, 0.05) is 40.9 Å². The van der Waals surface area contributed by atoms with Gasteiger partial charge < -0.3 is 9.47 Å². The van der Waals surface area contributed by atoms with Crippen molar-refractivity contribution in [3.05, 3.63) is 87.6 Å². The number of halogens is 1. The SMILES string of the molecule is O=c1c(-c2ccc(Cl)cc2)ccc2n1C[C@H]1C[C@@H]2C[NH+](Cc2ccccn2)C1. The molecule has 5 heteroatoms. The lowest BCUT2D eigenvalue weighted by Gasteiger charge is -2.40. The van der Waals surface area contributed by atoms with Crippen LogP contribution in [0.4, 0.5) is 0 Å². The maximum absolute atomic E-state index is 13.2. The van der Waals surface area contributed by atoms with Crippen molar-refractivity contribution >= 4 is 11.6 Å². The van der Waals surface area contributed by atoms with E-state index in [0.29, 0.717) is 16.9 Å². The molecule has 1 aromatic carbocycles. The van der Waals surface area contributed by atoms with Crippen LogP contribution in [-0.4, -0.2) is 22.6 Å². The summed E-state index contributed by atoms with van der Waals surface area (Å²) in [4.78, 5) is 19.3. The molecule has 142 valence electrons. The van der Waals surface area contributed by atoms with Crippen LogP contribution in [0.25, 0.3) is 11.1 Å². The first kappa shape index (κ1) is 17.7. The summed E-state index contributed by atoms with van der Waals surface area (Å²) < 4.78 is 2.03. The molecule has 3 aromatic rings. The van der Waals surface area contributed by atoms with E-state index in [9.17, 15) is 4.79 Å². The lowest BCUT2D eigenvalue weighted by Crippen LogP contribution is -3.13. The Bertz CT molecular complexity index is 1050. The molecule has 4 nitrogen and oxygen atoms in total. The van der Waals surface area contributed by atoms with Gasteiger partial charge in [-0.25, -0.2) is 0 Å². The molecule has 1 unspecified atom stereocenters. The van der Waals surface area contributed by atoms with Crippen molar-refractivity contribution in [2.75, 3.05) is 13.1 Å². The van der Waals surface area contributed by atoms with Gasteiger partial charge in [-0.15, -0.1) is 0 Å². The Labute approximate surface area is 169 Å². The highest BCUT2D eigenvalue weighted by Crippen LogP contribution is 2.31. The molecule has 4 heterocycles. The van der Waals surface area contributed by atoms with E-state index < -0.39 is 0 Å². The van der Waals surface area contributed by atoms with E-state index in [-0.39, 0.29) is 5.56 Å². The van der Waals surface area contributed by atoms with Gasteiger partial charge in [-0.2, -0.15) is 0 Å². The van der Waals surface area contributed by atoms with Gasteiger partial charge in [0.25, 0.3) is 5.56 Å². The molecular formula is C23H23ClN3O+. The third kappa shape index (κ3) is 3.27. The van der Waals surface area contributed by atoms with Crippen molar-refractivity contribution < 1.29 is 4.90 Å². The number of nitrogens with zero attached hydrogens (tertiary/aromatic N) is 2. The summed E-state index contributed by atoms with van der Waals surface area (Å²) in [5.74, 6) is 0.987. The molecule has 1 fully saturated rings. The molecule has 28 heavy (non-hydrogen) atoms. The molecule has 0 radical (unpaired) electrons. The van der Waals surface area contributed by atoms with E-state index >= 15 is 0 Å². The maximum atomic E-state index is 13.2. The summed E-state index contributed by atoms with van der Waals surface area (Å²) in [5, 5.41) is 0.687. The minimum absolute atomic E-state index is 0.127. The molecule has 0 aliphatic carbocycles. The summed E-state index contributed by atoms with van der Waals surface area (Å²) in [6, 6.07) is 17.8. The number of rotatable bonds is 3. The van der Waals surface area contributed by atoms with E-state index in [1.54, 1.807) is 4.90 Å². The van der Waals surface area contributed by atoms with Gasteiger partial charge in [0.15, 0.2) is 0 Å². The molecule has 0 saturated carbocycles. The van der Waals surface area contributed by atoms with Gasteiger partial charge in [0.1, 0.15) is 6.54 Å². The molecule has 3 atom stereocenters. The zero-order valence-electron chi connectivity index (χ0n) is 15.6. The number of fused-ring (bicyclic) bond motifs is 4. The number of hydrogen-bond donors (Lipinski definition) is 1. The van der Waals surface area contributed by atoms with Crippen molar-refractivity contribution in [2.45, 2.75) is 25.4 Å². The van der Waals surface area contributed by atoms with Gasteiger partial charge in [-0.05, 0) is 48.4 Å². The lowest BCUT2D eigenvalue weighted by atomic mass is 9.82. The van der Waals surface area contributed by atoms with E-state index in [1.165, 1.54) is 12.1 Å². The number of pyridine rings is 2. The monoisotopic (exact) mass is 392 g/mol. The fraction of sp³-hybridized carbons (Fsp3) is 0.304. The highest BCUT2D eigenvalue weighted by atomic mass is 35.5. The predicted octanol–water partition coefficient (Wildman–Crippen LogP) is 2.77. The molecule has 1 N–H and O–H groups in total. The fourth-order valence-corrected chi connectivity index (χ4v) is 5.05. The minimum Gasteiger partial charge on any atom is -0.329 e. The average molecular weight is 393 g/mol. The molecule has 1 saturated heterocycles. The minimum atomic E-state index is 0.127. The Morgan fingerprint density at radius 2 is 1.93 bits per heavy atom. The van der Waals surface area contributed by atoms with Gasteiger partial charge in [0.2, 0.25) is 0 Å². The Balaban J connectivity index is 1.44. The van der Waals surface area contributed by atoms with Crippen LogP contribution in [0.2, 0.25) is 5.02 Å². The second kappa shape index (κ2) is 7.19. The van der Waals surface area contributed by atoms with Gasteiger partial charge in [0.05, 0.1) is 18.8 Å². The normalized spacial score (nSPS) is 23.2. The largest absolute Gasteiger partial charge is 0.329 e. The van der Waals surface area contributed by atoms with E-state index in [4.69, 9.17) is 11.6 Å². The van der Waals surface area contributed by atoms with Crippen LogP contribution in [-0.2, 0) is 13.1 Å². The Kier molecular flexibility index (Phi) is 4.53. The van der Waals surface area contributed by atoms with Crippen molar-refractivity contribution in [3.63, 3.8) is 0 Å². The standard InChI is InChI=1S/C23H22ClN3O/c24-19-6-4-17(5-7-19)21-8-9-22-18-11-16(13-27(22)23(21)28)12-26(14-18)15-20-3-1-2-10-25-20/h1-10,16,18H,11-15H2/p+1/t16-,18+/m0/s1. The summed E-state index contributed by atoms with van der Waals surface area (Å²) in [7, 11) is 0. The fourth-order valence-electron chi connectivity index (χ4n) is 4.92. The van der Waals surface area contributed by atoms with Crippen LogP contribution in [0, 0.1) is 5.92 Å².